The van der Waals surface area contributed by atoms with Crippen LogP contribution in [0.1, 0.15) is 44.0 Å². The third-order valence-electron chi connectivity index (χ3n) is 4.65. The van der Waals surface area contributed by atoms with Gasteiger partial charge in [0, 0.05) is 11.8 Å². The molecule has 0 fully saturated rings. The van der Waals surface area contributed by atoms with Crippen LogP contribution < -0.4 is 0 Å². The van der Waals surface area contributed by atoms with E-state index in [-0.39, 0.29) is 23.7 Å². The van der Waals surface area contributed by atoms with Crippen molar-refractivity contribution in [2.24, 2.45) is 0 Å². The van der Waals surface area contributed by atoms with Gasteiger partial charge in [-0.1, -0.05) is 48.5 Å². The van der Waals surface area contributed by atoms with Gasteiger partial charge in [0.2, 0.25) is 0 Å². The molecule has 0 radical (unpaired) electrons. The molecule has 0 unspecified atom stereocenters. The number of carbonyl (C=O) groups excluding carboxylic acids is 2. The SMILES string of the molecule is O=C(CC(=O)c1cc(Cn2ncnn2)ccn1)c1cccc(Cc2ccccc2)c1. The maximum atomic E-state index is 12.7. The number of hydrogen-bond donors (Lipinski definition) is 0. The molecule has 0 N–H and O–H groups in total. The Morgan fingerprint density at radius 2 is 1.67 bits per heavy atom. The number of Topliss-reactive ketones (excluding diaryl/α,β-unsaturated/α-hetero) is 2. The molecule has 7 nitrogen and oxygen atoms in total. The number of aromatic nitrogens is 5. The van der Waals surface area contributed by atoms with E-state index in [9.17, 15) is 9.59 Å². The minimum atomic E-state index is -0.318. The van der Waals surface area contributed by atoms with E-state index in [1.165, 1.54) is 16.7 Å². The molecular weight excluding hydrogens is 378 g/mol. The van der Waals surface area contributed by atoms with Crippen LogP contribution in [0.3, 0.4) is 0 Å². The van der Waals surface area contributed by atoms with Crippen LogP contribution in [0.4, 0.5) is 0 Å². The van der Waals surface area contributed by atoms with Gasteiger partial charge in [0.05, 0.1) is 13.0 Å². The van der Waals surface area contributed by atoms with Crippen molar-refractivity contribution < 1.29 is 9.59 Å². The Balaban J connectivity index is 1.43. The second-order valence-corrected chi connectivity index (χ2v) is 6.90. The monoisotopic (exact) mass is 397 g/mol. The standard InChI is InChI=1S/C23H19N5O2/c29-22(20-8-4-7-18(12-20)11-17-5-2-1-3-6-17)14-23(30)21-13-19(9-10-24-21)15-28-26-16-25-27-28/h1-10,12-13,16H,11,14-15H2. The fraction of sp³-hybridized carbons (Fsp3) is 0.130. The topological polar surface area (TPSA) is 90.6 Å². The highest BCUT2D eigenvalue weighted by Crippen LogP contribution is 2.14. The quantitative estimate of drug-likeness (QED) is 0.335. The summed E-state index contributed by atoms with van der Waals surface area (Å²) in [6.45, 7) is 0.373. The fourth-order valence-corrected chi connectivity index (χ4v) is 3.17. The number of tetrazole rings is 1. The van der Waals surface area contributed by atoms with Gasteiger partial charge in [0.1, 0.15) is 5.69 Å². The number of carbonyl (C=O) groups is 2. The minimum Gasteiger partial charge on any atom is -0.294 e. The van der Waals surface area contributed by atoms with E-state index in [4.69, 9.17) is 0 Å². The van der Waals surface area contributed by atoms with E-state index in [2.05, 4.69) is 20.4 Å². The summed E-state index contributed by atoms with van der Waals surface area (Å²) in [6, 6.07) is 20.9. The molecule has 2 heterocycles. The zero-order valence-corrected chi connectivity index (χ0v) is 16.2. The summed E-state index contributed by atoms with van der Waals surface area (Å²) < 4.78 is 0. The number of hydrogen-bond acceptors (Lipinski definition) is 6. The number of nitrogens with zero attached hydrogens (tertiary/aromatic N) is 5. The summed E-state index contributed by atoms with van der Waals surface area (Å²) in [5, 5.41) is 11.4. The number of pyridine rings is 1. The molecular formula is C23H19N5O2. The van der Waals surface area contributed by atoms with Gasteiger partial charge in [-0.3, -0.25) is 14.6 Å². The lowest BCUT2D eigenvalue weighted by atomic mass is 9.99. The van der Waals surface area contributed by atoms with E-state index < -0.39 is 0 Å². The smallest absolute Gasteiger partial charge is 0.188 e. The first-order valence-corrected chi connectivity index (χ1v) is 9.52. The lowest BCUT2D eigenvalue weighted by Crippen LogP contribution is -2.11. The first kappa shape index (κ1) is 19.3. The first-order valence-electron chi connectivity index (χ1n) is 9.52. The molecule has 30 heavy (non-hydrogen) atoms. The van der Waals surface area contributed by atoms with Crippen molar-refractivity contribution in [3.63, 3.8) is 0 Å². The maximum Gasteiger partial charge on any atom is 0.188 e. The summed E-state index contributed by atoms with van der Waals surface area (Å²) >= 11 is 0. The van der Waals surface area contributed by atoms with Gasteiger partial charge in [-0.25, -0.2) is 0 Å². The van der Waals surface area contributed by atoms with Crippen LogP contribution in [0.15, 0.2) is 79.3 Å². The summed E-state index contributed by atoms with van der Waals surface area (Å²) in [5.41, 5.74) is 3.78. The normalized spacial score (nSPS) is 10.7. The van der Waals surface area contributed by atoms with Crippen LogP contribution in [0, 0.1) is 0 Å². The average molecular weight is 397 g/mol. The Morgan fingerprint density at radius 1 is 0.833 bits per heavy atom. The van der Waals surface area contributed by atoms with E-state index in [1.807, 2.05) is 48.5 Å². The number of rotatable bonds is 8. The van der Waals surface area contributed by atoms with Crippen molar-refractivity contribution in [2.45, 2.75) is 19.4 Å². The van der Waals surface area contributed by atoms with Gasteiger partial charge in [-0.2, -0.15) is 4.80 Å². The lowest BCUT2D eigenvalue weighted by molar-refractivity contribution is 0.0891. The third-order valence-corrected chi connectivity index (χ3v) is 4.65. The second kappa shape index (κ2) is 9.00. The Morgan fingerprint density at radius 3 is 2.47 bits per heavy atom. The first-order chi connectivity index (χ1) is 14.7. The zero-order chi connectivity index (χ0) is 20.8. The molecule has 7 heteroatoms. The van der Waals surface area contributed by atoms with Crippen LogP contribution in [0.2, 0.25) is 0 Å². The Kier molecular flexibility index (Phi) is 5.80. The van der Waals surface area contributed by atoms with Crippen LogP contribution in [0.5, 0.6) is 0 Å². The fourth-order valence-electron chi connectivity index (χ4n) is 3.17. The van der Waals surface area contributed by atoms with Crippen LogP contribution in [-0.2, 0) is 13.0 Å². The van der Waals surface area contributed by atoms with Crippen molar-refractivity contribution in [1.82, 2.24) is 25.2 Å². The van der Waals surface area contributed by atoms with Crippen LogP contribution >= 0.6 is 0 Å². The predicted molar refractivity (Wildman–Crippen MR) is 110 cm³/mol. The molecule has 0 aliphatic heterocycles. The molecule has 0 aliphatic rings. The molecule has 0 aliphatic carbocycles. The molecule has 4 rings (SSSR count). The molecule has 0 amide bonds. The highest BCUT2D eigenvalue weighted by Gasteiger charge is 2.16. The summed E-state index contributed by atoms with van der Waals surface area (Å²) in [5.74, 6) is -0.540. The van der Waals surface area contributed by atoms with Crippen molar-refractivity contribution in [2.75, 3.05) is 0 Å². The van der Waals surface area contributed by atoms with Crippen LogP contribution in [-0.4, -0.2) is 36.8 Å². The molecule has 0 saturated heterocycles. The molecule has 2 aromatic carbocycles. The molecule has 0 saturated carbocycles. The third kappa shape index (κ3) is 4.88. The number of ketones is 2. The number of benzene rings is 2. The molecule has 0 bridgehead atoms. The maximum absolute atomic E-state index is 12.7. The van der Waals surface area contributed by atoms with Gasteiger partial charge in [-0.15, -0.1) is 10.2 Å². The van der Waals surface area contributed by atoms with Gasteiger partial charge in [-0.05, 0) is 46.5 Å². The Bertz CT molecular complexity index is 1160. The van der Waals surface area contributed by atoms with Crippen molar-refractivity contribution in [3.8, 4) is 0 Å². The molecule has 0 spiro atoms. The lowest BCUT2D eigenvalue weighted by Gasteiger charge is -2.06. The zero-order valence-electron chi connectivity index (χ0n) is 16.2. The Hall–Kier alpha value is -4.00. The molecule has 148 valence electrons. The van der Waals surface area contributed by atoms with Gasteiger partial charge in [0.15, 0.2) is 17.9 Å². The van der Waals surface area contributed by atoms with Crippen molar-refractivity contribution in [3.05, 3.63) is 107 Å². The van der Waals surface area contributed by atoms with Crippen molar-refractivity contribution >= 4 is 11.6 Å². The highest BCUT2D eigenvalue weighted by molar-refractivity contribution is 6.12. The van der Waals surface area contributed by atoms with Crippen molar-refractivity contribution in [1.29, 1.82) is 0 Å². The highest BCUT2D eigenvalue weighted by atomic mass is 16.1. The summed E-state index contributed by atoms with van der Waals surface area (Å²) in [6.07, 6.45) is 3.39. The van der Waals surface area contributed by atoms with Gasteiger partial charge in [0.25, 0.3) is 0 Å². The molecule has 4 aromatic rings. The van der Waals surface area contributed by atoms with Gasteiger partial charge < -0.3 is 0 Å². The minimum absolute atomic E-state index is 0.222. The average Bonchev–Trinajstić information content (AvgIpc) is 3.28. The van der Waals surface area contributed by atoms with E-state index in [1.54, 1.807) is 24.4 Å². The molecule has 2 aromatic heterocycles. The van der Waals surface area contributed by atoms with E-state index >= 15 is 0 Å². The summed E-state index contributed by atoms with van der Waals surface area (Å²) in [7, 11) is 0. The summed E-state index contributed by atoms with van der Waals surface area (Å²) in [4.78, 5) is 30.8. The van der Waals surface area contributed by atoms with E-state index in [0.717, 1.165) is 17.5 Å². The Labute approximate surface area is 173 Å². The predicted octanol–water partition coefficient (Wildman–Crippen LogP) is 3.16. The molecule has 0 atom stereocenters. The largest absolute Gasteiger partial charge is 0.294 e. The van der Waals surface area contributed by atoms with E-state index in [0.29, 0.717) is 12.1 Å². The van der Waals surface area contributed by atoms with Gasteiger partial charge >= 0.3 is 0 Å². The second-order valence-electron chi connectivity index (χ2n) is 6.90. The van der Waals surface area contributed by atoms with Crippen LogP contribution in [0.25, 0.3) is 0 Å².